The van der Waals surface area contributed by atoms with Crippen molar-refractivity contribution >= 4 is 29.1 Å². The summed E-state index contributed by atoms with van der Waals surface area (Å²) in [6.07, 6.45) is 1.37. The summed E-state index contributed by atoms with van der Waals surface area (Å²) >= 11 is 0. The van der Waals surface area contributed by atoms with Gasteiger partial charge in [-0.15, -0.1) is 0 Å². The number of carbonyl (C=O) groups excluding carboxylic acids is 3. The van der Waals surface area contributed by atoms with Crippen LogP contribution in [0.15, 0.2) is 42.5 Å². The highest BCUT2D eigenvalue weighted by Crippen LogP contribution is 2.23. The normalized spacial score (nSPS) is 13.5. The summed E-state index contributed by atoms with van der Waals surface area (Å²) in [6.45, 7) is 0.695. The Labute approximate surface area is 160 Å². The van der Waals surface area contributed by atoms with Gasteiger partial charge in [-0.05, 0) is 42.8 Å². The van der Waals surface area contributed by atoms with Crippen LogP contribution >= 0.6 is 0 Å². The van der Waals surface area contributed by atoms with Crippen molar-refractivity contribution in [3.05, 3.63) is 59.7 Å². The van der Waals surface area contributed by atoms with Gasteiger partial charge >= 0.3 is 0 Å². The molecule has 0 bridgehead atoms. The Morgan fingerprint density at radius 2 is 1.82 bits per heavy atom. The molecular weight excluding hydrogens is 368 g/mol. The number of anilines is 2. The van der Waals surface area contributed by atoms with E-state index in [4.69, 9.17) is 0 Å². The van der Waals surface area contributed by atoms with Gasteiger partial charge in [0.25, 0.3) is 5.91 Å². The van der Waals surface area contributed by atoms with Crippen molar-refractivity contribution in [2.45, 2.75) is 19.3 Å². The first kappa shape index (κ1) is 19.5. The Balaban J connectivity index is 1.46. The third-order valence-corrected chi connectivity index (χ3v) is 4.35. The fraction of sp³-hybridized carbons (Fsp3) is 0.250. The van der Waals surface area contributed by atoms with Crippen molar-refractivity contribution in [2.75, 3.05) is 23.3 Å². The predicted octanol–water partition coefficient (Wildman–Crippen LogP) is 2.85. The van der Waals surface area contributed by atoms with E-state index in [1.165, 1.54) is 0 Å². The zero-order valence-corrected chi connectivity index (χ0v) is 15.0. The van der Waals surface area contributed by atoms with Crippen molar-refractivity contribution in [2.24, 2.45) is 0 Å². The van der Waals surface area contributed by atoms with Crippen molar-refractivity contribution in [1.82, 2.24) is 5.32 Å². The molecule has 2 aromatic carbocycles. The van der Waals surface area contributed by atoms with E-state index >= 15 is 0 Å². The fourth-order valence-electron chi connectivity index (χ4n) is 2.93. The van der Waals surface area contributed by atoms with E-state index in [2.05, 4.69) is 10.6 Å². The molecular formula is C20H19F2N3O3. The average molecular weight is 387 g/mol. The Morgan fingerprint density at radius 3 is 2.46 bits per heavy atom. The molecule has 2 N–H and O–H groups in total. The number of hydrogen-bond donors (Lipinski definition) is 2. The van der Waals surface area contributed by atoms with Gasteiger partial charge in [-0.3, -0.25) is 14.4 Å². The number of halogens is 2. The molecule has 1 heterocycles. The summed E-state index contributed by atoms with van der Waals surface area (Å²) in [5.41, 5.74) is 1.07. The van der Waals surface area contributed by atoms with Crippen LogP contribution in [0.4, 0.5) is 20.2 Å². The maximum Gasteiger partial charge on any atom is 0.254 e. The van der Waals surface area contributed by atoms with Crippen LogP contribution in [0.5, 0.6) is 0 Å². The predicted molar refractivity (Wildman–Crippen MR) is 100.0 cm³/mol. The van der Waals surface area contributed by atoms with Crippen LogP contribution in [0.3, 0.4) is 0 Å². The van der Waals surface area contributed by atoms with Gasteiger partial charge < -0.3 is 15.5 Å². The topological polar surface area (TPSA) is 78.5 Å². The highest BCUT2D eigenvalue weighted by atomic mass is 19.1. The minimum Gasteiger partial charge on any atom is -0.351 e. The number of hydrogen-bond acceptors (Lipinski definition) is 3. The van der Waals surface area contributed by atoms with Gasteiger partial charge in [0.05, 0.1) is 5.56 Å². The van der Waals surface area contributed by atoms with Gasteiger partial charge in [0.2, 0.25) is 11.8 Å². The Bertz CT molecular complexity index is 900. The quantitative estimate of drug-likeness (QED) is 0.800. The molecule has 0 radical (unpaired) electrons. The number of nitrogens with one attached hydrogen (secondary N) is 2. The molecule has 3 amide bonds. The Morgan fingerprint density at radius 1 is 1.07 bits per heavy atom. The van der Waals surface area contributed by atoms with Crippen LogP contribution in [-0.2, 0) is 9.59 Å². The van der Waals surface area contributed by atoms with Crippen molar-refractivity contribution < 1.29 is 23.2 Å². The van der Waals surface area contributed by atoms with E-state index < -0.39 is 17.5 Å². The number of amides is 3. The van der Waals surface area contributed by atoms with E-state index in [-0.39, 0.29) is 30.3 Å². The Kier molecular flexibility index (Phi) is 5.98. The summed E-state index contributed by atoms with van der Waals surface area (Å²) < 4.78 is 26.4. The van der Waals surface area contributed by atoms with Crippen LogP contribution < -0.4 is 15.5 Å². The van der Waals surface area contributed by atoms with Gasteiger partial charge in [-0.2, -0.15) is 0 Å². The summed E-state index contributed by atoms with van der Waals surface area (Å²) in [5, 5.41) is 5.11. The van der Waals surface area contributed by atoms with E-state index in [9.17, 15) is 23.2 Å². The van der Waals surface area contributed by atoms with E-state index in [0.717, 1.165) is 24.2 Å². The number of benzene rings is 2. The van der Waals surface area contributed by atoms with Crippen molar-refractivity contribution in [1.29, 1.82) is 0 Å². The molecule has 0 aromatic heterocycles. The van der Waals surface area contributed by atoms with Crippen molar-refractivity contribution in [3.63, 3.8) is 0 Å². The lowest BCUT2D eigenvalue weighted by Gasteiger charge is -2.16. The minimum absolute atomic E-state index is 0.00183. The molecule has 0 unspecified atom stereocenters. The Hall–Kier alpha value is -3.29. The molecule has 0 spiro atoms. The molecule has 0 atom stereocenters. The maximum atomic E-state index is 13.5. The summed E-state index contributed by atoms with van der Waals surface area (Å²) in [4.78, 5) is 37.3. The zero-order chi connectivity index (χ0) is 20.1. The van der Waals surface area contributed by atoms with Crippen LogP contribution in [0.1, 0.15) is 29.6 Å². The molecule has 1 aliphatic rings. The third-order valence-electron chi connectivity index (χ3n) is 4.35. The SMILES string of the molecule is O=C(CCNC(=O)c1ccc(F)cc1F)Nc1ccc(N2CCCC2=O)cc1. The van der Waals surface area contributed by atoms with E-state index in [1.54, 1.807) is 29.2 Å². The molecule has 146 valence electrons. The minimum atomic E-state index is -0.960. The first-order valence-corrected chi connectivity index (χ1v) is 8.87. The first-order valence-electron chi connectivity index (χ1n) is 8.87. The monoisotopic (exact) mass is 387 g/mol. The second-order valence-electron chi connectivity index (χ2n) is 6.37. The number of carbonyl (C=O) groups is 3. The van der Waals surface area contributed by atoms with Gasteiger partial charge in [-0.25, -0.2) is 8.78 Å². The van der Waals surface area contributed by atoms with Crippen LogP contribution in [0.2, 0.25) is 0 Å². The lowest BCUT2D eigenvalue weighted by atomic mass is 10.2. The number of nitrogens with zero attached hydrogens (tertiary/aromatic N) is 1. The first-order chi connectivity index (χ1) is 13.4. The molecule has 1 saturated heterocycles. The molecule has 0 aliphatic carbocycles. The van der Waals surface area contributed by atoms with Gasteiger partial charge in [0.15, 0.2) is 0 Å². The summed E-state index contributed by atoms with van der Waals surface area (Å²) in [7, 11) is 0. The lowest BCUT2D eigenvalue weighted by Crippen LogP contribution is -2.28. The molecule has 3 rings (SSSR count). The van der Waals surface area contributed by atoms with Gasteiger partial charge in [0, 0.05) is 43.4 Å². The largest absolute Gasteiger partial charge is 0.351 e. The highest BCUT2D eigenvalue weighted by Gasteiger charge is 2.21. The zero-order valence-electron chi connectivity index (χ0n) is 15.0. The molecule has 1 fully saturated rings. The van der Waals surface area contributed by atoms with Gasteiger partial charge in [-0.1, -0.05) is 0 Å². The lowest BCUT2D eigenvalue weighted by molar-refractivity contribution is -0.117. The molecule has 28 heavy (non-hydrogen) atoms. The van der Waals surface area contributed by atoms with Crippen LogP contribution in [0, 0.1) is 11.6 Å². The molecule has 6 nitrogen and oxygen atoms in total. The van der Waals surface area contributed by atoms with E-state index in [1.807, 2.05) is 0 Å². The van der Waals surface area contributed by atoms with Crippen LogP contribution in [0.25, 0.3) is 0 Å². The smallest absolute Gasteiger partial charge is 0.254 e. The maximum absolute atomic E-state index is 13.5. The molecule has 1 aliphatic heterocycles. The molecule has 8 heteroatoms. The molecule has 2 aromatic rings. The average Bonchev–Trinajstić information content (AvgIpc) is 3.08. The van der Waals surface area contributed by atoms with Crippen LogP contribution in [-0.4, -0.2) is 30.8 Å². The second-order valence-corrected chi connectivity index (χ2v) is 6.37. The fourth-order valence-corrected chi connectivity index (χ4v) is 2.93. The highest BCUT2D eigenvalue weighted by molar-refractivity contribution is 5.97. The summed E-state index contributed by atoms with van der Waals surface area (Å²) in [6, 6.07) is 9.59. The molecule has 0 saturated carbocycles. The summed E-state index contributed by atoms with van der Waals surface area (Å²) in [5.74, 6) is -2.69. The second kappa shape index (κ2) is 8.60. The third kappa shape index (κ3) is 4.70. The van der Waals surface area contributed by atoms with Crippen molar-refractivity contribution in [3.8, 4) is 0 Å². The van der Waals surface area contributed by atoms with E-state index in [0.29, 0.717) is 24.7 Å². The number of rotatable bonds is 6. The van der Waals surface area contributed by atoms with Gasteiger partial charge in [0.1, 0.15) is 11.6 Å². The standard InChI is InChI=1S/C20H19F2N3O3/c21-13-3-8-16(17(22)12-13)20(28)23-10-9-18(26)24-14-4-6-15(7-5-14)25-11-1-2-19(25)27/h3-8,12H,1-2,9-11H2,(H,23,28)(H,24,26).